The van der Waals surface area contributed by atoms with Crippen molar-refractivity contribution in [3.63, 3.8) is 0 Å². The number of benzene rings is 1. The van der Waals surface area contributed by atoms with Gasteiger partial charge in [-0.3, -0.25) is 9.59 Å². The summed E-state index contributed by atoms with van der Waals surface area (Å²) in [7, 11) is 0. The highest BCUT2D eigenvalue weighted by molar-refractivity contribution is 5.98. The molecule has 5 nitrogen and oxygen atoms in total. The monoisotopic (exact) mass is 321 g/mol. The molecule has 0 aliphatic heterocycles. The number of hydrogen-bond donors (Lipinski definition) is 3. The Morgan fingerprint density at radius 3 is 2.43 bits per heavy atom. The molecule has 0 saturated heterocycles. The van der Waals surface area contributed by atoms with Crippen LogP contribution >= 0.6 is 0 Å². The second-order valence-corrected chi connectivity index (χ2v) is 6.69. The van der Waals surface area contributed by atoms with Gasteiger partial charge in [0, 0.05) is 11.6 Å². The van der Waals surface area contributed by atoms with Crippen molar-refractivity contribution in [1.82, 2.24) is 0 Å². The van der Waals surface area contributed by atoms with Gasteiger partial charge in [0.05, 0.1) is 11.2 Å². The fourth-order valence-corrected chi connectivity index (χ4v) is 2.59. The van der Waals surface area contributed by atoms with Crippen molar-refractivity contribution in [2.45, 2.75) is 51.5 Å². The SMILES string of the molecule is CC(C)(N)C(=O)Nc1ccc(F)c(NC(=O)C2CCCCC2)c1. The molecule has 126 valence electrons. The Kier molecular flexibility index (Phi) is 5.36. The predicted octanol–water partition coefficient (Wildman–Crippen LogP) is 3.02. The minimum Gasteiger partial charge on any atom is -0.324 e. The van der Waals surface area contributed by atoms with E-state index >= 15 is 0 Å². The van der Waals surface area contributed by atoms with Gasteiger partial charge in [-0.15, -0.1) is 0 Å². The topological polar surface area (TPSA) is 84.2 Å². The van der Waals surface area contributed by atoms with E-state index in [9.17, 15) is 14.0 Å². The molecule has 0 unspecified atom stereocenters. The molecule has 1 aromatic rings. The van der Waals surface area contributed by atoms with E-state index < -0.39 is 11.4 Å². The number of anilines is 2. The molecule has 1 aliphatic rings. The van der Waals surface area contributed by atoms with Crippen molar-refractivity contribution >= 4 is 23.2 Å². The zero-order valence-corrected chi connectivity index (χ0v) is 13.6. The minimum atomic E-state index is -1.04. The van der Waals surface area contributed by atoms with Crippen molar-refractivity contribution in [2.75, 3.05) is 10.6 Å². The van der Waals surface area contributed by atoms with Crippen LogP contribution in [0.1, 0.15) is 46.0 Å². The molecule has 0 aromatic heterocycles. The molecule has 0 atom stereocenters. The zero-order valence-electron chi connectivity index (χ0n) is 13.6. The zero-order chi connectivity index (χ0) is 17.0. The highest BCUT2D eigenvalue weighted by Crippen LogP contribution is 2.26. The van der Waals surface area contributed by atoms with Gasteiger partial charge in [-0.05, 0) is 44.9 Å². The molecule has 1 aliphatic carbocycles. The van der Waals surface area contributed by atoms with Crippen LogP contribution in [-0.2, 0) is 9.59 Å². The maximum Gasteiger partial charge on any atom is 0.243 e. The summed E-state index contributed by atoms with van der Waals surface area (Å²) in [6, 6.07) is 4.07. The van der Waals surface area contributed by atoms with E-state index in [0.717, 1.165) is 32.1 Å². The molecule has 2 amide bonds. The molecule has 0 spiro atoms. The molecule has 2 rings (SSSR count). The van der Waals surface area contributed by atoms with E-state index in [1.54, 1.807) is 13.8 Å². The van der Waals surface area contributed by atoms with Gasteiger partial charge in [-0.1, -0.05) is 19.3 Å². The number of halogens is 1. The van der Waals surface area contributed by atoms with Crippen LogP contribution in [0.2, 0.25) is 0 Å². The van der Waals surface area contributed by atoms with Crippen LogP contribution in [0.4, 0.5) is 15.8 Å². The van der Waals surface area contributed by atoms with Crippen LogP contribution < -0.4 is 16.4 Å². The lowest BCUT2D eigenvalue weighted by Gasteiger charge is -2.21. The van der Waals surface area contributed by atoms with Crippen molar-refractivity contribution in [2.24, 2.45) is 11.7 Å². The first kappa shape index (κ1) is 17.4. The molecule has 0 bridgehead atoms. The van der Waals surface area contributed by atoms with Gasteiger partial charge >= 0.3 is 0 Å². The van der Waals surface area contributed by atoms with Gasteiger partial charge in [-0.25, -0.2) is 4.39 Å². The molecule has 23 heavy (non-hydrogen) atoms. The smallest absolute Gasteiger partial charge is 0.243 e. The quantitative estimate of drug-likeness (QED) is 0.797. The molecule has 6 heteroatoms. The fraction of sp³-hybridized carbons (Fsp3) is 0.529. The van der Waals surface area contributed by atoms with Gasteiger partial charge in [0.2, 0.25) is 11.8 Å². The summed E-state index contributed by atoms with van der Waals surface area (Å²) < 4.78 is 13.9. The van der Waals surface area contributed by atoms with Crippen molar-refractivity contribution in [3.8, 4) is 0 Å². The molecule has 1 fully saturated rings. The van der Waals surface area contributed by atoms with Crippen LogP contribution in [0.15, 0.2) is 18.2 Å². The van der Waals surface area contributed by atoms with Gasteiger partial charge in [-0.2, -0.15) is 0 Å². The first-order valence-electron chi connectivity index (χ1n) is 7.98. The van der Waals surface area contributed by atoms with Crippen LogP contribution in [0.3, 0.4) is 0 Å². The molecular weight excluding hydrogens is 297 g/mol. The predicted molar refractivity (Wildman–Crippen MR) is 88.5 cm³/mol. The lowest BCUT2D eigenvalue weighted by molar-refractivity contribution is -0.121. The summed E-state index contributed by atoms with van der Waals surface area (Å²) in [5.41, 5.74) is 5.15. The molecule has 1 saturated carbocycles. The van der Waals surface area contributed by atoms with Crippen LogP contribution in [-0.4, -0.2) is 17.4 Å². The average Bonchev–Trinajstić information content (AvgIpc) is 2.50. The third-order valence-corrected chi connectivity index (χ3v) is 4.04. The molecule has 1 aromatic carbocycles. The van der Waals surface area contributed by atoms with E-state index in [-0.39, 0.29) is 23.4 Å². The van der Waals surface area contributed by atoms with Crippen molar-refractivity contribution in [3.05, 3.63) is 24.0 Å². The number of rotatable bonds is 4. The highest BCUT2D eigenvalue weighted by Gasteiger charge is 2.24. The van der Waals surface area contributed by atoms with E-state index in [1.165, 1.54) is 18.2 Å². The van der Waals surface area contributed by atoms with E-state index in [1.807, 2.05) is 0 Å². The number of hydrogen-bond acceptors (Lipinski definition) is 3. The van der Waals surface area contributed by atoms with Gasteiger partial charge < -0.3 is 16.4 Å². The Morgan fingerprint density at radius 1 is 1.17 bits per heavy atom. The number of nitrogens with two attached hydrogens (primary N) is 1. The second-order valence-electron chi connectivity index (χ2n) is 6.69. The fourth-order valence-electron chi connectivity index (χ4n) is 2.59. The lowest BCUT2D eigenvalue weighted by Crippen LogP contribution is -2.45. The van der Waals surface area contributed by atoms with Crippen molar-refractivity contribution < 1.29 is 14.0 Å². The Balaban J connectivity index is 2.08. The number of amides is 2. The molecule has 0 heterocycles. The second kappa shape index (κ2) is 7.08. The average molecular weight is 321 g/mol. The summed E-state index contributed by atoms with van der Waals surface area (Å²) in [5.74, 6) is -1.14. The van der Waals surface area contributed by atoms with Gasteiger partial charge in [0.25, 0.3) is 0 Å². The van der Waals surface area contributed by atoms with Crippen LogP contribution in [0.5, 0.6) is 0 Å². The standard InChI is InChI=1S/C17H24FN3O2/c1-17(2,19)16(23)20-12-8-9-13(18)14(10-12)21-15(22)11-6-4-3-5-7-11/h8-11H,3-7,19H2,1-2H3,(H,20,23)(H,21,22). The van der Waals surface area contributed by atoms with Crippen LogP contribution in [0, 0.1) is 11.7 Å². The normalized spacial score (nSPS) is 16.0. The van der Waals surface area contributed by atoms with Crippen LogP contribution in [0.25, 0.3) is 0 Å². The Morgan fingerprint density at radius 2 is 1.83 bits per heavy atom. The lowest BCUT2D eigenvalue weighted by atomic mass is 9.88. The summed E-state index contributed by atoms with van der Waals surface area (Å²) >= 11 is 0. The maximum atomic E-state index is 13.9. The maximum absolute atomic E-state index is 13.9. The number of nitrogens with one attached hydrogen (secondary N) is 2. The van der Waals surface area contributed by atoms with E-state index in [0.29, 0.717) is 5.69 Å². The first-order chi connectivity index (χ1) is 10.8. The van der Waals surface area contributed by atoms with Gasteiger partial charge in [0.15, 0.2) is 0 Å². The summed E-state index contributed by atoms with van der Waals surface area (Å²) in [6.45, 7) is 3.16. The largest absolute Gasteiger partial charge is 0.324 e. The third kappa shape index (κ3) is 4.76. The van der Waals surface area contributed by atoms with Gasteiger partial charge in [0.1, 0.15) is 5.82 Å². The van der Waals surface area contributed by atoms with E-state index in [4.69, 9.17) is 5.73 Å². The summed E-state index contributed by atoms with van der Waals surface area (Å²) in [5, 5.41) is 5.26. The summed E-state index contributed by atoms with van der Waals surface area (Å²) in [4.78, 5) is 24.1. The molecule has 4 N–H and O–H groups in total. The Labute approximate surface area is 135 Å². The third-order valence-electron chi connectivity index (χ3n) is 4.04. The van der Waals surface area contributed by atoms with Crippen molar-refractivity contribution in [1.29, 1.82) is 0 Å². The molecule has 0 radical (unpaired) electrons. The highest BCUT2D eigenvalue weighted by atomic mass is 19.1. The van der Waals surface area contributed by atoms with E-state index in [2.05, 4.69) is 10.6 Å². The summed E-state index contributed by atoms with van der Waals surface area (Å²) in [6.07, 6.45) is 4.88. The number of carbonyl (C=O) groups excluding carboxylic acids is 2. The number of carbonyl (C=O) groups is 2. The Hall–Kier alpha value is -1.95. The Bertz CT molecular complexity index is 590. The molecular formula is C17H24FN3O2. The first-order valence-corrected chi connectivity index (χ1v) is 7.98. The minimum absolute atomic E-state index is 0.0654.